The molecule has 18 heavy (non-hydrogen) atoms. The lowest BCUT2D eigenvalue weighted by Crippen LogP contribution is -2.37. The van der Waals surface area contributed by atoms with E-state index < -0.39 is 0 Å². The molecule has 2 rings (SSSR count). The van der Waals surface area contributed by atoms with E-state index >= 15 is 0 Å². The Hall–Kier alpha value is -0.580. The van der Waals surface area contributed by atoms with E-state index in [1.807, 2.05) is 12.1 Å². The first-order valence-corrected chi connectivity index (χ1v) is 7.15. The molecule has 1 saturated heterocycles. The highest BCUT2D eigenvalue weighted by atomic mass is 79.9. The Morgan fingerprint density at radius 2 is 2.33 bits per heavy atom. The first-order valence-electron chi connectivity index (χ1n) is 6.36. The van der Waals surface area contributed by atoms with Crippen LogP contribution >= 0.6 is 15.9 Å². The maximum Gasteiger partial charge on any atom is 0.119 e. The fraction of sp³-hybridized carbons (Fsp3) is 0.571. The maximum atomic E-state index is 5.55. The summed E-state index contributed by atoms with van der Waals surface area (Å²) in [7, 11) is 1.70. The number of halogens is 1. The fourth-order valence-electron chi connectivity index (χ4n) is 2.25. The van der Waals surface area contributed by atoms with Crippen molar-refractivity contribution in [1.82, 2.24) is 5.32 Å². The lowest BCUT2D eigenvalue weighted by atomic mass is 10.0. The molecule has 0 amide bonds. The minimum Gasteiger partial charge on any atom is -0.497 e. The van der Waals surface area contributed by atoms with Gasteiger partial charge in [-0.15, -0.1) is 0 Å². The molecular formula is C14H20BrNO2. The van der Waals surface area contributed by atoms with Gasteiger partial charge >= 0.3 is 0 Å². The number of nitrogens with one attached hydrogen (secondary N) is 1. The molecule has 3 nitrogen and oxygen atoms in total. The molecule has 0 saturated carbocycles. The molecule has 0 aliphatic carbocycles. The number of hydrogen-bond acceptors (Lipinski definition) is 3. The zero-order chi connectivity index (χ0) is 13.0. The highest BCUT2D eigenvalue weighted by Crippen LogP contribution is 2.23. The maximum absolute atomic E-state index is 5.55. The smallest absolute Gasteiger partial charge is 0.119 e. The van der Waals surface area contributed by atoms with Gasteiger partial charge in [0.05, 0.1) is 13.2 Å². The Balaban J connectivity index is 1.92. The van der Waals surface area contributed by atoms with Crippen LogP contribution in [0.25, 0.3) is 0 Å². The molecule has 1 aliphatic rings. The summed E-state index contributed by atoms with van der Waals surface area (Å²) in [6.07, 6.45) is 2.54. The average Bonchev–Trinajstić information content (AvgIpc) is 2.38. The Labute approximate surface area is 117 Å². The molecule has 1 aromatic rings. The third-order valence-corrected chi connectivity index (χ3v) is 4.09. The van der Waals surface area contributed by atoms with E-state index in [2.05, 4.69) is 34.2 Å². The highest BCUT2D eigenvalue weighted by Gasteiger charge is 2.18. The van der Waals surface area contributed by atoms with Crippen molar-refractivity contribution in [3.8, 4) is 5.75 Å². The van der Waals surface area contributed by atoms with E-state index in [0.29, 0.717) is 12.1 Å². The van der Waals surface area contributed by atoms with Crippen LogP contribution in [-0.4, -0.2) is 25.9 Å². The van der Waals surface area contributed by atoms with E-state index in [1.165, 1.54) is 5.56 Å². The van der Waals surface area contributed by atoms with Crippen LogP contribution in [0.4, 0.5) is 0 Å². The molecule has 1 aromatic carbocycles. The summed E-state index contributed by atoms with van der Waals surface area (Å²) in [6.45, 7) is 3.85. The van der Waals surface area contributed by atoms with E-state index in [-0.39, 0.29) is 0 Å². The van der Waals surface area contributed by atoms with E-state index in [4.69, 9.17) is 9.47 Å². The van der Waals surface area contributed by atoms with Crippen molar-refractivity contribution in [2.24, 2.45) is 0 Å². The summed E-state index contributed by atoms with van der Waals surface area (Å²) < 4.78 is 11.9. The first kappa shape index (κ1) is 13.8. The van der Waals surface area contributed by atoms with Crippen molar-refractivity contribution in [1.29, 1.82) is 0 Å². The van der Waals surface area contributed by atoms with Gasteiger partial charge in [-0.1, -0.05) is 15.9 Å². The van der Waals surface area contributed by atoms with E-state index in [0.717, 1.165) is 36.2 Å². The molecule has 2 unspecified atom stereocenters. The monoisotopic (exact) mass is 313 g/mol. The van der Waals surface area contributed by atoms with Gasteiger partial charge < -0.3 is 14.8 Å². The molecule has 2 atom stereocenters. The summed E-state index contributed by atoms with van der Waals surface area (Å²) >= 11 is 3.58. The minimum atomic E-state index is 0.366. The van der Waals surface area contributed by atoms with Crippen LogP contribution in [-0.2, 0) is 11.3 Å². The van der Waals surface area contributed by atoms with Gasteiger partial charge in [0.1, 0.15) is 5.75 Å². The van der Waals surface area contributed by atoms with Crippen LogP contribution < -0.4 is 10.1 Å². The summed E-state index contributed by atoms with van der Waals surface area (Å²) in [6, 6.07) is 6.61. The minimum absolute atomic E-state index is 0.366. The van der Waals surface area contributed by atoms with Crippen LogP contribution in [0.15, 0.2) is 22.7 Å². The van der Waals surface area contributed by atoms with Crippen LogP contribution in [0.3, 0.4) is 0 Å². The van der Waals surface area contributed by atoms with Crippen LogP contribution in [0.1, 0.15) is 25.3 Å². The van der Waals surface area contributed by atoms with Crippen molar-refractivity contribution < 1.29 is 9.47 Å². The Bertz CT molecular complexity index is 397. The molecule has 100 valence electrons. The molecule has 1 fully saturated rings. The van der Waals surface area contributed by atoms with Gasteiger partial charge in [-0.3, -0.25) is 0 Å². The molecule has 4 heteroatoms. The second-order valence-electron chi connectivity index (χ2n) is 4.74. The van der Waals surface area contributed by atoms with E-state index in [9.17, 15) is 0 Å². The lowest BCUT2D eigenvalue weighted by molar-refractivity contribution is 0.0130. The van der Waals surface area contributed by atoms with Crippen LogP contribution in [0, 0.1) is 0 Å². The first-order chi connectivity index (χ1) is 8.69. The molecule has 1 aliphatic heterocycles. The van der Waals surface area contributed by atoms with E-state index in [1.54, 1.807) is 7.11 Å². The second kappa shape index (κ2) is 6.55. The van der Waals surface area contributed by atoms with Gasteiger partial charge in [-0.25, -0.2) is 0 Å². The average molecular weight is 314 g/mol. The molecular weight excluding hydrogens is 294 g/mol. The molecule has 0 aromatic heterocycles. The molecule has 0 bridgehead atoms. The van der Waals surface area contributed by atoms with Crippen molar-refractivity contribution >= 4 is 15.9 Å². The standard InChI is InChI=1S/C14H20BrNO2/c1-10-7-12(5-6-18-10)16-9-11-8-13(17-2)3-4-14(11)15/h3-4,8,10,12,16H,5-7,9H2,1-2H3. The predicted molar refractivity (Wildman–Crippen MR) is 76.0 cm³/mol. The van der Waals surface area contributed by atoms with Crippen LogP contribution in [0.2, 0.25) is 0 Å². The Kier molecular flexibility index (Phi) is 5.03. The number of methoxy groups -OCH3 is 1. The summed E-state index contributed by atoms with van der Waals surface area (Å²) in [5.74, 6) is 0.898. The zero-order valence-electron chi connectivity index (χ0n) is 10.9. The molecule has 1 N–H and O–H groups in total. The predicted octanol–water partition coefficient (Wildman–Crippen LogP) is 3.11. The largest absolute Gasteiger partial charge is 0.497 e. The number of benzene rings is 1. The number of rotatable bonds is 4. The zero-order valence-corrected chi connectivity index (χ0v) is 12.5. The molecule has 0 spiro atoms. The van der Waals surface area contributed by atoms with Crippen molar-refractivity contribution in [3.63, 3.8) is 0 Å². The summed E-state index contributed by atoms with van der Waals surface area (Å²) in [4.78, 5) is 0. The van der Waals surface area contributed by atoms with Crippen molar-refractivity contribution in [2.45, 2.75) is 38.5 Å². The molecule has 0 radical (unpaired) electrons. The number of ether oxygens (including phenoxy) is 2. The quantitative estimate of drug-likeness (QED) is 0.926. The normalized spacial score (nSPS) is 23.9. The SMILES string of the molecule is COc1ccc(Br)c(CNC2CCOC(C)C2)c1. The van der Waals surface area contributed by atoms with Gasteiger partial charge in [-0.05, 0) is 43.5 Å². The Morgan fingerprint density at radius 1 is 1.50 bits per heavy atom. The third-order valence-electron chi connectivity index (χ3n) is 3.32. The summed E-state index contributed by atoms with van der Waals surface area (Å²) in [5, 5.41) is 3.59. The van der Waals surface area contributed by atoms with Gasteiger partial charge in [0.2, 0.25) is 0 Å². The lowest BCUT2D eigenvalue weighted by Gasteiger charge is -2.28. The van der Waals surface area contributed by atoms with Crippen molar-refractivity contribution in [2.75, 3.05) is 13.7 Å². The third kappa shape index (κ3) is 3.70. The van der Waals surface area contributed by atoms with Crippen molar-refractivity contribution in [3.05, 3.63) is 28.2 Å². The van der Waals surface area contributed by atoms with Gasteiger partial charge in [0.15, 0.2) is 0 Å². The van der Waals surface area contributed by atoms with Gasteiger partial charge in [0, 0.05) is 23.7 Å². The second-order valence-corrected chi connectivity index (χ2v) is 5.60. The molecule has 1 heterocycles. The summed E-state index contributed by atoms with van der Waals surface area (Å²) in [5.41, 5.74) is 1.23. The van der Waals surface area contributed by atoms with Gasteiger partial charge in [-0.2, -0.15) is 0 Å². The fourth-order valence-corrected chi connectivity index (χ4v) is 2.64. The Morgan fingerprint density at radius 3 is 3.06 bits per heavy atom. The highest BCUT2D eigenvalue weighted by molar-refractivity contribution is 9.10. The van der Waals surface area contributed by atoms with Crippen LogP contribution in [0.5, 0.6) is 5.75 Å². The van der Waals surface area contributed by atoms with Gasteiger partial charge in [0.25, 0.3) is 0 Å². The topological polar surface area (TPSA) is 30.5 Å². The number of hydrogen-bond donors (Lipinski definition) is 1.